The van der Waals surface area contributed by atoms with Crippen LogP contribution in [0.5, 0.6) is 0 Å². The van der Waals surface area contributed by atoms with Crippen molar-refractivity contribution in [2.24, 2.45) is 0 Å². The molecule has 6 nitrogen and oxygen atoms in total. The van der Waals surface area contributed by atoms with E-state index < -0.39 is 22.7 Å². The van der Waals surface area contributed by atoms with Crippen LogP contribution in [0.4, 0.5) is 30.5 Å². The molecule has 0 unspecified atom stereocenters. The lowest BCUT2D eigenvalue weighted by Gasteiger charge is -2.12. The highest BCUT2D eigenvalue weighted by Gasteiger charge is 2.33. The summed E-state index contributed by atoms with van der Waals surface area (Å²) < 4.78 is 38.6. The van der Waals surface area contributed by atoms with Crippen LogP contribution >= 0.6 is 23.4 Å². The Morgan fingerprint density at radius 2 is 1.70 bits per heavy atom. The van der Waals surface area contributed by atoms with Gasteiger partial charge in [0.15, 0.2) is 0 Å². The summed E-state index contributed by atoms with van der Waals surface area (Å²) in [6, 6.07) is 18.6. The van der Waals surface area contributed by atoms with E-state index in [9.17, 15) is 18.0 Å². The number of amides is 1. The van der Waals surface area contributed by atoms with Gasteiger partial charge in [-0.1, -0.05) is 23.7 Å². The number of thioether (sulfide) groups is 1. The van der Waals surface area contributed by atoms with E-state index in [2.05, 4.69) is 26.7 Å². The van der Waals surface area contributed by atoms with Crippen LogP contribution in [0.25, 0.3) is 11.3 Å². The van der Waals surface area contributed by atoms with Gasteiger partial charge in [-0.05, 0) is 60.9 Å². The summed E-state index contributed by atoms with van der Waals surface area (Å²) >= 11 is 7.22. The van der Waals surface area contributed by atoms with Gasteiger partial charge in [0, 0.05) is 28.7 Å². The molecule has 1 aromatic heterocycles. The third-order valence-corrected chi connectivity index (χ3v) is 6.25. The van der Waals surface area contributed by atoms with Crippen LogP contribution in [0.2, 0.25) is 5.02 Å². The minimum absolute atomic E-state index is 0.141. The first kappa shape index (κ1) is 26.0. The number of hydrogen-bond acceptors (Lipinski definition) is 6. The lowest BCUT2D eigenvalue weighted by atomic mass is 10.1. The summed E-state index contributed by atoms with van der Waals surface area (Å²) in [5, 5.41) is 14.2. The molecule has 186 valence electrons. The molecular formula is C26H17ClF3N5OS. The van der Waals surface area contributed by atoms with Gasteiger partial charge >= 0.3 is 6.18 Å². The Labute approximate surface area is 219 Å². The number of halogens is 4. The molecule has 1 heterocycles. The number of rotatable bonds is 6. The van der Waals surface area contributed by atoms with E-state index in [-0.39, 0.29) is 5.69 Å². The van der Waals surface area contributed by atoms with Gasteiger partial charge in [0.2, 0.25) is 5.95 Å². The standard InChI is InChI=1S/C26H17ClF3N5OS/c1-37-22-14-32-25(35-23(22)16-4-2-15(13-31)3-5-16)34-18-8-6-17(7-9-18)24(36)33-19-10-11-20(21(27)12-19)26(28,29)30/h2-12,14H,1H3,(H,33,36)(H,32,34,35). The maximum absolute atomic E-state index is 12.9. The zero-order valence-electron chi connectivity index (χ0n) is 19.1. The Bertz CT molecular complexity index is 1490. The van der Waals surface area contributed by atoms with E-state index >= 15 is 0 Å². The molecule has 0 fully saturated rings. The molecule has 0 bridgehead atoms. The first-order valence-electron chi connectivity index (χ1n) is 10.6. The molecule has 0 spiro atoms. The molecule has 3 aromatic carbocycles. The summed E-state index contributed by atoms with van der Waals surface area (Å²) in [6.07, 6.45) is -0.962. The second-order valence-electron chi connectivity index (χ2n) is 7.65. The Balaban J connectivity index is 1.48. The minimum atomic E-state index is -4.58. The molecule has 0 saturated carbocycles. The highest BCUT2D eigenvalue weighted by atomic mass is 35.5. The van der Waals surface area contributed by atoms with E-state index in [1.165, 1.54) is 11.8 Å². The van der Waals surface area contributed by atoms with Crippen molar-refractivity contribution in [3.8, 4) is 17.3 Å². The quantitative estimate of drug-likeness (QED) is 0.248. The van der Waals surface area contributed by atoms with Gasteiger partial charge in [0.1, 0.15) is 0 Å². The van der Waals surface area contributed by atoms with E-state index in [4.69, 9.17) is 16.9 Å². The maximum Gasteiger partial charge on any atom is 0.417 e. The van der Waals surface area contributed by atoms with Gasteiger partial charge in [0.05, 0.1) is 32.8 Å². The number of carbonyl (C=O) groups is 1. The predicted molar refractivity (Wildman–Crippen MR) is 138 cm³/mol. The molecule has 0 aliphatic rings. The highest BCUT2D eigenvalue weighted by molar-refractivity contribution is 7.98. The van der Waals surface area contributed by atoms with Crippen LogP contribution in [0, 0.1) is 11.3 Å². The molecule has 0 saturated heterocycles. The van der Waals surface area contributed by atoms with Crippen molar-refractivity contribution in [1.82, 2.24) is 9.97 Å². The van der Waals surface area contributed by atoms with Crippen LogP contribution in [-0.4, -0.2) is 22.1 Å². The average molecular weight is 540 g/mol. The molecule has 37 heavy (non-hydrogen) atoms. The fourth-order valence-corrected chi connectivity index (χ4v) is 4.15. The number of carbonyl (C=O) groups excluding carboxylic acids is 1. The number of hydrogen-bond donors (Lipinski definition) is 2. The normalized spacial score (nSPS) is 11.0. The van der Waals surface area contributed by atoms with Gasteiger partial charge in [0.25, 0.3) is 5.91 Å². The second-order valence-corrected chi connectivity index (χ2v) is 8.90. The van der Waals surface area contributed by atoms with Gasteiger partial charge in [-0.3, -0.25) is 4.79 Å². The Morgan fingerprint density at radius 1 is 1.03 bits per heavy atom. The zero-order chi connectivity index (χ0) is 26.6. The SMILES string of the molecule is CSc1cnc(Nc2ccc(C(=O)Nc3ccc(C(F)(F)F)c(Cl)c3)cc2)nc1-c1ccc(C#N)cc1. The van der Waals surface area contributed by atoms with Gasteiger partial charge in [-0.2, -0.15) is 18.4 Å². The molecule has 4 rings (SSSR count). The monoisotopic (exact) mass is 539 g/mol. The number of benzene rings is 3. The van der Waals surface area contributed by atoms with Crippen LogP contribution < -0.4 is 10.6 Å². The predicted octanol–water partition coefficient (Wildman–Crippen LogP) is 7.41. The van der Waals surface area contributed by atoms with Crippen LogP contribution in [0.3, 0.4) is 0 Å². The van der Waals surface area contributed by atoms with E-state index in [1.54, 1.807) is 42.6 Å². The lowest BCUT2D eigenvalue weighted by molar-refractivity contribution is -0.137. The highest BCUT2D eigenvalue weighted by Crippen LogP contribution is 2.36. The van der Waals surface area contributed by atoms with Crippen molar-refractivity contribution < 1.29 is 18.0 Å². The smallest absolute Gasteiger partial charge is 0.324 e. The summed E-state index contributed by atoms with van der Waals surface area (Å²) in [5.74, 6) is -0.167. The van der Waals surface area contributed by atoms with Crippen LogP contribution in [-0.2, 0) is 6.18 Å². The molecule has 0 radical (unpaired) electrons. The van der Waals surface area contributed by atoms with E-state index in [0.29, 0.717) is 28.5 Å². The lowest BCUT2D eigenvalue weighted by Crippen LogP contribution is -2.13. The molecule has 4 aromatic rings. The molecule has 0 atom stereocenters. The van der Waals surface area contributed by atoms with Crippen molar-refractivity contribution in [1.29, 1.82) is 5.26 Å². The largest absolute Gasteiger partial charge is 0.417 e. The number of aromatic nitrogens is 2. The molecule has 2 N–H and O–H groups in total. The van der Waals surface area contributed by atoms with Gasteiger partial charge in [-0.25, -0.2) is 9.97 Å². The molecular weight excluding hydrogens is 523 g/mol. The van der Waals surface area contributed by atoms with Crippen molar-refractivity contribution in [3.63, 3.8) is 0 Å². The van der Waals surface area contributed by atoms with Gasteiger partial charge in [-0.15, -0.1) is 11.8 Å². The summed E-state index contributed by atoms with van der Waals surface area (Å²) in [5.41, 5.74) is 2.17. The summed E-state index contributed by atoms with van der Waals surface area (Å²) in [7, 11) is 0. The molecule has 11 heteroatoms. The fraction of sp³-hybridized carbons (Fsp3) is 0.0769. The molecule has 0 aliphatic heterocycles. The Hall–Kier alpha value is -4.07. The number of alkyl halides is 3. The Morgan fingerprint density at radius 3 is 2.30 bits per heavy atom. The van der Waals surface area contributed by atoms with Crippen molar-refractivity contribution in [2.75, 3.05) is 16.9 Å². The number of nitrogens with zero attached hydrogens (tertiary/aromatic N) is 3. The molecule has 1 amide bonds. The summed E-state index contributed by atoms with van der Waals surface area (Å²) in [6.45, 7) is 0. The van der Waals surface area contributed by atoms with Crippen molar-refractivity contribution in [2.45, 2.75) is 11.1 Å². The Kier molecular flexibility index (Phi) is 7.66. The number of nitrogens with one attached hydrogen (secondary N) is 2. The van der Waals surface area contributed by atoms with Gasteiger partial charge < -0.3 is 10.6 Å². The second kappa shape index (κ2) is 10.9. The third-order valence-electron chi connectivity index (χ3n) is 5.20. The molecule has 0 aliphatic carbocycles. The summed E-state index contributed by atoms with van der Waals surface area (Å²) in [4.78, 5) is 22.4. The minimum Gasteiger partial charge on any atom is -0.324 e. The average Bonchev–Trinajstić information content (AvgIpc) is 2.88. The fourth-order valence-electron chi connectivity index (χ4n) is 3.35. The first-order chi connectivity index (χ1) is 17.7. The van der Waals surface area contributed by atoms with E-state index in [0.717, 1.165) is 28.7 Å². The van der Waals surface area contributed by atoms with Crippen molar-refractivity contribution >= 4 is 46.6 Å². The van der Waals surface area contributed by atoms with Crippen LogP contribution in [0.1, 0.15) is 21.5 Å². The van der Waals surface area contributed by atoms with E-state index in [1.807, 2.05) is 18.4 Å². The number of nitriles is 1. The van der Waals surface area contributed by atoms with Crippen LogP contribution in [0.15, 0.2) is 77.8 Å². The maximum atomic E-state index is 12.9. The third kappa shape index (κ3) is 6.20. The zero-order valence-corrected chi connectivity index (χ0v) is 20.7. The number of anilines is 3. The first-order valence-corrected chi connectivity index (χ1v) is 12.2. The topological polar surface area (TPSA) is 90.7 Å². The van der Waals surface area contributed by atoms with Crippen molar-refractivity contribution in [3.05, 3.63) is 94.6 Å².